The molecule has 0 bridgehead atoms. The van der Waals surface area contributed by atoms with Crippen LogP contribution in [0.2, 0.25) is 0 Å². The number of benzene rings is 1. The minimum Gasteiger partial charge on any atom is -0.490 e. The van der Waals surface area contributed by atoms with E-state index < -0.39 is 0 Å². The first kappa shape index (κ1) is 15.7. The summed E-state index contributed by atoms with van der Waals surface area (Å²) in [5.41, 5.74) is 4.05. The van der Waals surface area contributed by atoms with E-state index in [0.29, 0.717) is 5.92 Å². The molecular weight excluding hydrogens is 275 g/mol. The summed E-state index contributed by atoms with van der Waals surface area (Å²) in [7, 11) is 7.80. The number of nitrogens with zero attached hydrogens (tertiary/aromatic N) is 2. The van der Waals surface area contributed by atoms with Gasteiger partial charge >= 0.3 is 0 Å². The largest absolute Gasteiger partial charge is 0.490 e. The van der Waals surface area contributed by atoms with Gasteiger partial charge in [-0.3, -0.25) is 0 Å². The van der Waals surface area contributed by atoms with E-state index in [9.17, 15) is 0 Å². The van der Waals surface area contributed by atoms with E-state index in [4.69, 9.17) is 17.5 Å². The Balaban J connectivity index is 1.87. The second-order valence-electron chi connectivity index (χ2n) is 6.35. The predicted molar refractivity (Wildman–Crippen MR) is 90.1 cm³/mol. The summed E-state index contributed by atoms with van der Waals surface area (Å²) in [6, 6.07) is 4.57. The van der Waals surface area contributed by atoms with Crippen LogP contribution in [0.1, 0.15) is 30.4 Å². The summed E-state index contributed by atoms with van der Waals surface area (Å²) in [6.07, 6.45) is 2.04. The molecule has 1 unspecified atom stereocenters. The van der Waals surface area contributed by atoms with Gasteiger partial charge in [0, 0.05) is 20.3 Å². The predicted octanol–water partition coefficient (Wildman–Crippen LogP) is 1.97. The fraction of sp³-hybridized carbons (Fsp3) is 0.647. The third-order valence-electron chi connectivity index (χ3n) is 4.66. The lowest BCUT2D eigenvalue weighted by atomic mass is 9.93. The van der Waals surface area contributed by atoms with Crippen molar-refractivity contribution in [3.05, 3.63) is 23.3 Å². The Morgan fingerprint density at radius 1 is 1.36 bits per heavy atom. The highest BCUT2D eigenvalue weighted by molar-refractivity contribution is 6.04. The quantitative estimate of drug-likeness (QED) is 0.627. The molecule has 2 heterocycles. The van der Waals surface area contributed by atoms with Gasteiger partial charge in [0.2, 0.25) is 0 Å². The third kappa shape index (κ3) is 3.25. The van der Waals surface area contributed by atoms with E-state index in [1.165, 1.54) is 16.8 Å². The SMILES string of the molecule is [B]N1CCc2cc3c(cc2C(C)C1)N(CCCOC)CCO3. The van der Waals surface area contributed by atoms with Gasteiger partial charge in [0.05, 0.1) is 12.2 Å². The summed E-state index contributed by atoms with van der Waals surface area (Å²) in [6.45, 7) is 7.61. The molecule has 0 amide bonds. The summed E-state index contributed by atoms with van der Waals surface area (Å²) in [4.78, 5) is 4.36. The number of hydrogen-bond donors (Lipinski definition) is 0. The molecule has 2 radical (unpaired) electrons. The maximum Gasteiger partial charge on any atom is 0.182 e. The van der Waals surface area contributed by atoms with Crippen molar-refractivity contribution in [2.24, 2.45) is 0 Å². The molecule has 0 N–H and O–H groups in total. The minimum absolute atomic E-state index is 0.454. The Morgan fingerprint density at radius 2 is 2.23 bits per heavy atom. The van der Waals surface area contributed by atoms with Crippen LogP contribution in [0, 0.1) is 0 Å². The highest BCUT2D eigenvalue weighted by Crippen LogP contribution is 2.38. The first-order valence-corrected chi connectivity index (χ1v) is 8.22. The summed E-state index contributed by atoms with van der Waals surface area (Å²) < 4.78 is 11.1. The number of methoxy groups -OCH3 is 1. The summed E-state index contributed by atoms with van der Waals surface area (Å²) in [5, 5.41) is 0. The maximum atomic E-state index is 6.04. The van der Waals surface area contributed by atoms with Crippen LogP contribution in [0.5, 0.6) is 5.75 Å². The van der Waals surface area contributed by atoms with Crippen LogP contribution < -0.4 is 9.64 Å². The van der Waals surface area contributed by atoms with Gasteiger partial charge in [-0.2, -0.15) is 0 Å². The molecular formula is C17H25BN2O2. The van der Waals surface area contributed by atoms with Crippen molar-refractivity contribution in [3.63, 3.8) is 0 Å². The maximum absolute atomic E-state index is 6.04. The lowest BCUT2D eigenvalue weighted by molar-refractivity contribution is 0.195. The monoisotopic (exact) mass is 300 g/mol. The van der Waals surface area contributed by atoms with Crippen molar-refractivity contribution in [1.29, 1.82) is 0 Å². The van der Waals surface area contributed by atoms with Crippen molar-refractivity contribution >= 4 is 13.7 Å². The summed E-state index contributed by atoms with van der Waals surface area (Å²) in [5.74, 6) is 1.48. The molecule has 0 spiro atoms. The van der Waals surface area contributed by atoms with Crippen LogP contribution in [-0.2, 0) is 11.2 Å². The van der Waals surface area contributed by atoms with E-state index in [1.807, 2.05) is 4.81 Å². The van der Waals surface area contributed by atoms with E-state index in [-0.39, 0.29) is 0 Å². The molecule has 0 aromatic heterocycles. The second-order valence-corrected chi connectivity index (χ2v) is 6.35. The fourth-order valence-electron chi connectivity index (χ4n) is 3.49. The van der Waals surface area contributed by atoms with Crippen molar-refractivity contribution < 1.29 is 9.47 Å². The Labute approximate surface area is 134 Å². The van der Waals surface area contributed by atoms with Crippen molar-refractivity contribution in [2.75, 3.05) is 51.4 Å². The Kier molecular flexibility index (Phi) is 4.94. The topological polar surface area (TPSA) is 24.9 Å². The molecule has 1 aromatic rings. The van der Waals surface area contributed by atoms with Crippen LogP contribution >= 0.6 is 0 Å². The first-order chi connectivity index (χ1) is 10.7. The highest BCUT2D eigenvalue weighted by Gasteiger charge is 2.24. The molecule has 5 heteroatoms. The smallest absolute Gasteiger partial charge is 0.182 e. The summed E-state index contributed by atoms with van der Waals surface area (Å²) >= 11 is 0. The zero-order chi connectivity index (χ0) is 15.5. The van der Waals surface area contributed by atoms with E-state index >= 15 is 0 Å². The van der Waals surface area contributed by atoms with Gasteiger partial charge in [0.15, 0.2) is 7.98 Å². The molecule has 0 saturated carbocycles. The number of hydrogen-bond acceptors (Lipinski definition) is 4. The normalized spacial score (nSPS) is 21.7. The van der Waals surface area contributed by atoms with Crippen molar-refractivity contribution in [3.8, 4) is 5.75 Å². The molecule has 2 aliphatic rings. The van der Waals surface area contributed by atoms with Crippen LogP contribution in [0.15, 0.2) is 12.1 Å². The number of ether oxygens (including phenoxy) is 2. The van der Waals surface area contributed by atoms with E-state index in [1.54, 1.807) is 7.11 Å². The molecule has 1 aromatic carbocycles. The minimum atomic E-state index is 0.454. The number of anilines is 1. The van der Waals surface area contributed by atoms with Gasteiger partial charge in [0.1, 0.15) is 12.4 Å². The molecule has 1 atom stereocenters. The average Bonchev–Trinajstić information content (AvgIpc) is 2.65. The fourth-order valence-corrected chi connectivity index (χ4v) is 3.49. The number of fused-ring (bicyclic) bond motifs is 2. The van der Waals surface area contributed by atoms with Crippen LogP contribution in [-0.4, -0.2) is 59.3 Å². The lowest BCUT2D eigenvalue weighted by Gasteiger charge is -2.32. The van der Waals surface area contributed by atoms with Crippen molar-refractivity contribution in [2.45, 2.75) is 25.7 Å². The third-order valence-corrected chi connectivity index (χ3v) is 4.66. The van der Waals surface area contributed by atoms with Gasteiger partial charge in [-0.25, -0.2) is 0 Å². The van der Waals surface area contributed by atoms with Crippen LogP contribution in [0.25, 0.3) is 0 Å². The van der Waals surface area contributed by atoms with Gasteiger partial charge < -0.3 is 19.2 Å². The molecule has 0 saturated heterocycles. The van der Waals surface area contributed by atoms with Gasteiger partial charge in [0.25, 0.3) is 0 Å². The Hall–Kier alpha value is -1.20. The zero-order valence-corrected chi connectivity index (χ0v) is 13.7. The van der Waals surface area contributed by atoms with E-state index in [0.717, 1.165) is 58.0 Å². The molecule has 2 aliphatic heterocycles. The van der Waals surface area contributed by atoms with E-state index in [2.05, 4.69) is 24.0 Å². The number of rotatable bonds is 4. The standard InChI is InChI=1S/C17H25BN2O2/c1-13-12-20(18)6-4-14-10-17-16(11-15(13)14)19(7-9-22-17)5-3-8-21-2/h10-11,13H,3-9,12H2,1-2H3. The highest BCUT2D eigenvalue weighted by atomic mass is 16.5. The molecule has 4 nitrogen and oxygen atoms in total. The van der Waals surface area contributed by atoms with Gasteiger partial charge in [-0.1, -0.05) is 6.92 Å². The first-order valence-electron chi connectivity index (χ1n) is 8.22. The molecule has 0 fully saturated rings. The van der Waals surface area contributed by atoms with Crippen LogP contribution in [0.4, 0.5) is 5.69 Å². The molecule has 22 heavy (non-hydrogen) atoms. The second kappa shape index (κ2) is 6.92. The zero-order valence-electron chi connectivity index (χ0n) is 13.7. The Bertz CT molecular complexity index is 524. The van der Waals surface area contributed by atoms with Crippen molar-refractivity contribution in [1.82, 2.24) is 4.81 Å². The molecule has 118 valence electrons. The lowest BCUT2D eigenvalue weighted by Crippen LogP contribution is -2.34. The van der Waals surface area contributed by atoms with Gasteiger partial charge in [-0.15, -0.1) is 0 Å². The molecule has 3 rings (SSSR count). The van der Waals surface area contributed by atoms with Crippen LogP contribution in [0.3, 0.4) is 0 Å². The Morgan fingerprint density at radius 3 is 3.05 bits per heavy atom. The van der Waals surface area contributed by atoms with Gasteiger partial charge in [-0.05, 0) is 55.1 Å². The average molecular weight is 300 g/mol. The molecule has 0 aliphatic carbocycles.